The minimum Gasteiger partial charge on any atom is -0.497 e. The van der Waals surface area contributed by atoms with E-state index in [1.54, 1.807) is 37.6 Å². The minimum absolute atomic E-state index is 0.123. The van der Waals surface area contributed by atoms with Crippen LogP contribution in [0, 0.1) is 10.1 Å². The number of nitrogens with zero attached hydrogens (tertiary/aromatic N) is 3. The van der Waals surface area contributed by atoms with E-state index >= 15 is 0 Å². The fraction of sp³-hybridized carbons (Fsp3) is 0.0476. The van der Waals surface area contributed by atoms with E-state index in [1.165, 1.54) is 6.07 Å². The Morgan fingerprint density at radius 1 is 1.10 bits per heavy atom. The van der Waals surface area contributed by atoms with Crippen LogP contribution in [0.5, 0.6) is 5.75 Å². The first kappa shape index (κ1) is 19.9. The SMILES string of the molecule is COc1ccc(C=NNc2c3cc(Cl)cc(Cl)c3nc3c([N+](=O)[O-])cccc23)cc1. The zero-order valence-electron chi connectivity index (χ0n) is 15.6. The van der Waals surface area contributed by atoms with Crippen molar-refractivity contribution < 1.29 is 9.66 Å². The Bertz CT molecular complexity index is 1310. The molecule has 9 heteroatoms. The summed E-state index contributed by atoms with van der Waals surface area (Å²) in [5.74, 6) is 0.739. The van der Waals surface area contributed by atoms with Crippen molar-refractivity contribution in [2.24, 2.45) is 5.10 Å². The molecule has 4 rings (SSSR count). The van der Waals surface area contributed by atoms with E-state index in [0.29, 0.717) is 32.0 Å². The molecule has 0 aliphatic heterocycles. The van der Waals surface area contributed by atoms with Gasteiger partial charge in [0, 0.05) is 21.9 Å². The van der Waals surface area contributed by atoms with Gasteiger partial charge in [0.15, 0.2) is 5.52 Å². The number of anilines is 1. The molecule has 150 valence electrons. The number of methoxy groups -OCH3 is 1. The summed E-state index contributed by atoms with van der Waals surface area (Å²) in [7, 11) is 1.60. The minimum atomic E-state index is -0.477. The highest BCUT2D eigenvalue weighted by molar-refractivity contribution is 6.39. The molecule has 0 saturated carbocycles. The van der Waals surface area contributed by atoms with Gasteiger partial charge in [0.05, 0.1) is 34.5 Å². The fourth-order valence-corrected chi connectivity index (χ4v) is 3.64. The molecule has 0 unspecified atom stereocenters. The van der Waals surface area contributed by atoms with Gasteiger partial charge in [0.2, 0.25) is 0 Å². The zero-order chi connectivity index (χ0) is 21.3. The smallest absolute Gasteiger partial charge is 0.295 e. The van der Waals surface area contributed by atoms with E-state index < -0.39 is 4.92 Å². The maximum Gasteiger partial charge on any atom is 0.295 e. The quantitative estimate of drug-likeness (QED) is 0.176. The van der Waals surface area contributed by atoms with Crippen LogP contribution in [0.3, 0.4) is 0 Å². The molecule has 0 bridgehead atoms. The number of nitrogens with one attached hydrogen (secondary N) is 1. The Balaban J connectivity index is 1.87. The van der Waals surface area contributed by atoms with E-state index in [9.17, 15) is 10.1 Å². The number of halogens is 2. The number of fused-ring (bicyclic) bond motifs is 2. The Morgan fingerprint density at radius 3 is 2.57 bits per heavy atom. The van der Waals surface area contributed by atoms with Crippen LogP contribution in [0.4, 0.5) is 11.4 Å². The monoisotopic (exact) mass is 440 g/mol. The maximum atomic E-state index is 11.5. The highest BCUT2D eigenvalue weighted by atomic mass is 35.5. The predicted octanol–water partition coefficient (Wildman–Crippen LogP) is 6.06. The summed E-state index contributed by atoms with van der Waals surface area (Å²) < 4.78 is 5.15. The molecule has 0 aliphatic rings. The highest BCUT2D eigenvalue weighted by Gasteiger charge is 2.19. The molecule has 0 radical (unpaired) electrons. The topological polar surface area (TPSA) is 89.7 Å². The van der Waals surface area contributed by atoms with E-state index in [1.807, 2.05) is 24.3 Å². The predicted molar refractivity (Wildman–Crippen MR) is 120 cm³/mol. The molecule has 0 fully saturated rings. The lowest BCUT2D eigenvalue weighted by molar-refractivity contribution is -0.383. The van der Waals surface area contributed by atoms with E-state index in [2.05, 4.69) is 15.5 Å². The van der Waals surface area contributed by atoms with Crippen molar-refractivity contribution >= 4 is 62.6 Å². The molecule has 3 aromatic carbocycles. The second-order valence-electron chi connectivity index (χ2n) is 6.34. The Labute approximate surface area is 181 Å². The van der Waals surface area contributed by atoms with Crippen LogP contribution in [-0.2, 0) is 0 Å². The molecular weight excluding hydrogens is 427 g/mol. The van der Waals surface area contributed by atoms with Gasteiger partial charge >= 0.3 is 0 Å². The first-order valence-corrected chi connectivity index (χ1v) is 9.52. The van der Waals surface area contributed by atoms with Crippen molar-refractivity contribution in [3.8, 4) is 5.75 Å². The summed E-state index contributed by atoms with van der Waals surface area (Å²) in [6, 6.07) is 15.3. The molecule has 0 saturated heterocycles. The third-order valence-electron chi connectivity index (χ3n) is 4.51. The van der Waals surface area contributed by atoms with Crippen LogP contribution in [-0.4, -0.2) is 23.2 Å². The highest BCUT2D eigenvalue weighted by Crippen LogP contribution is 2.38. The number of para-hydroxylation sites is 1. The number of hydrogen-bond donors (Lipinski definition) is 1. The number of non-ortho nitro benzene ring substituents is 1. The van der Waals surface area contributed by atoms with Gasteiger partial charge in [-0.25, -0.2) is 4.98 Å². The number of nitro benzene ring substituents is 1. The van der Waals surface area contributed by atoms with Gasteiger partial charge in [0.1, 0.15) is 5.75 Å². The molecule has 1 heterocycles. The third kappa shape index (κ3) is 3.72. The van der Waals surface area contributed by atoms with Crippen LogP contribution in [0.2, 0.25) is 10.0 Å². The lowest BCUT2D eigenvalue weighted by Crippen LogP contribution is -1.98. The van der Waals surface area contributed by atoms with E-state index in [-0.39, 0.29) is 11.2 Å². The van der Waals surface area contributed by atoms with Gasteiger partial charge in [-0.1, -0.05) is 35.3 Å². The fourth-order valence-electron chi connectivity index (χ4n) is 3.11. The standard InChI is InChI=1S/C21H14Cl2N4O3/c1-30-14-7-5-12(6-8-14)11-24-26-19-15-3-2-4-18(27(28)29)21(15)25-20-16(19)9-13(22)10-17(20)23/h2-11H,1H3,(H,25,26). The Hall–Kier alpha value is -3.42. The van der Waals surface area contributed by atoms with Crippen LogP contribution >= 0.6 is 23.2 Å². The number of ether oxygens (including phenoxy) is 1. The molecule has 30 heavy (non-hydrogen) atoms. The molecule has 7 nitrogen and oxygen atoms in total. The van der Waals surface area contributed by atoms with Crippen molar-refractivity contribution in [2.75, 3.05) is 12.5 Å². The third-order valence-corrected chi connectivity index (χ3v) is 5.01. The largest absolute Gasteiger partial charge is 0.497 e. The summed E-state index contributed by atoms with van der Waals surface area (Å²) in [6.45, 7) is 0. The van der Waals surface area contributed by atoms with Gasteiger partial charge in [-0.3, -0.25) is 15.5 Å². The summed E-state index contributed by atoms with van der Waals surface area (Å²) in [6.07, 6.45) is 1.63. The normalized spacial score (nSPS) is 11.3. The maximum absolute atomic E-state index is 11.5. The van der Waals surface area contributed by atoms with Gasteiger partial charge < -0.3 is 4.74 Å². The number of nitro groups is 1. The molecule has 1 aromatic heterocycles. The second-order valence-corrected chi connectivity index (χ2v) is 7.19. The van der Waals surface area contributed by atoms with Crippen LogP contribution < -0.4 is 10.2 Å². The summed E-state index contributed by atoms with van der Waals surface area (Å²) in [4.78, 5) is 15.5. The van der Waals surface area contributed by atoms with Gasteiger partial charge in [-0.05, 0) is 42.0 Å². The summed E-state index contributed by atoms with van der Waals surface area (Å²) in [5.41, 5.74) is 4.83. The second kappa shape index (κ2) is 8.14. The zero-order valence-corrected chi connectivity index (χ0v) is 17.1. The average Bonchev–Trinajstić information content (AvgIpc) is 2.73. The van der Waals surface area contributed by atoms with Crippen LogP contribution in [0.1, 0.15) is 5.56 Å². The molecular formula is C21H14Cl2N4O3. The van der Waals surface area contributed by atoms with E-state index in [4.69, 9.17) is 27.9 Å². The Morgan fingerprint density at radius 2 is 1.87 bits per heavy atom. The first-order valence-electron chi connectivity index (χ1n) is 8.77. The molecule has 0 atom stereocenters. The van der Waals surface area contributed by atoms with Crippen molar-refractivity contribution in [2.45, 2.75) is 0 Å². The summed E-state index contributed by atoms with van der Waals surface area (Å²) >= 11 is 12.5. The van der Waals surface area contributed by atoms with Crippen LogP contribution in [0.15, 0.2) is 59.7 Å². The lowest BCUT2D eigenvalue weighted by Gasteiger charge is -2.11. The van der Waals surface area contributed by atoms with Crippen molar-refractivity contribution in [1.29, 1.82) is 0 Å². The Kier molecular flexibility index (Phi) is 5.39. The molecule has 0 aliphatic carbocycles. The first-order chi connectivity index (χ1) is 14.5. The van der Waals surface area contributed by atoms with Gasteiger partial charge in [0.25, 0.3) is 5.69 Å². The lowest BCUT2D eigenvalue weighted by atomic mass is 10.1. The van der Waals surface area contributed by atoms with Crippen LogP contribution in [0.25, 0.3) is 21.8 Å². The number of aromatic nitrogens is 1. The molecule has 0 spiro atoms. The number of hydrazone groups is 1. The number of hydrogen-bond acceptors (Lipinski definition) is 6. The van der Waals surface area contributed by atoms with Gasteiger partial charge in [-0.2, -0.15) is 5.10 Å². The number of pyridine rings is 1. The van der Waals surface area contributed by atoms with Crippen molar-refractivity contribution in [3.63, 3.8) is 0 Å². The van der Waals surface area contributed by atoms with Gasteiger partial charge in [-0.15, -0.1) is 0 Å². The van der Waals surface area contributed by atoms with Crippen molar-refractivity contribution in [3.05, 3.63) is 80.3 Å². The number of benzene rings is 3. The molecule has 0 amide bonds. The number of rotatable bonds is 5. The molecule has 4 aromatic rings. The van der Waals surface area contributed by atoms with E-state index in [0.717, 1.165) is 11.3 Å². The molecule has 1 N–H and O–H groups in total. The van der Waals surface area contributed by atoms with Crippen molar-refractivity contribution in [1.82, 2.24) is 4.98 Å². The average molecular weight is 441 g/mol. The summed E-state index contributed by atoms with van der Waals surface area (Å²) in [5, 5.41) is 17.6.